The summed E-state index contributed by atoms with van der Waals surface area (Å²) in [6, 6.07) is 7.34. The molecule has 0 amide bonds. The van der Waals surface area contributed by atoms with Crippen molar-refractivity contribution >= 4 is 5.95 Å². The number of anilines is 1. The molecule has 34 heavy (non-hydrogen) atoms. The van der Waals surface area contributed by atoms with Crippen molar-refractivity contribution in [3.05, 3.63) is 35.7 Å². The van der Waals surface area contributed by atoms with Gasteiger partial charge in [-0.15, -0.1) is 0 Å². The molecule has 0 unspecified atom stereocenters. The van der Waals surface area contributed by atoms with Gasteiger partial charge in [0.05, 0.1) is 0 Å². The molecular formula is C28H45N5O. The van der Waals surface area contributed by atoms with Crippen molar-refractivity contribution in [2.24, 2.45) is 0 Å². The molecule has 1 saturated heterocycles. The van der Waals surface area contributed by atoms with Crippen LogP contribution in [0.15, 0.2) is 24.5 Å². The van der Waals surface area contributed by atoms with Crippen molar-refractivity contribution < 1.29 is 5.11 Å². The highest BCUT2D eigenvalue weighted by molar-refractivity contribution is 5.61. The van der Waals surface area contributed by atoms with Crippen LogP contribution in [0.2, 0.25) is 0 Å². The molecule has 188 valence electrons. The lowest BCUT2D eigenvalue weighted by Crippen LogP contribution is -2.43. The van der Waals surface area contributed by atoms with Gasteiger partial charge in [-0.1, -0.05) is 53.7 Å². The summed E-state index contributed by atoms with van der Waals surface area (Å²) in [6.07, 6.45) is 8.14. The molecule has 6 nitrogen and oxygen atoms in total. The van der Waals surface area contributed by atoms with Crippen molar-refractivity contribution in [2.75, 3.05) is 31.1 Å². The number of rotatable bonds is 7. The fourth-order valence-electron chi connectivity index (χ4n) is 5.13. The molecule has 0 atom stereocenters. The first kappa shape index (κ1) is 26.6. The molecule has 2 aliphatic rings. The van der Waals surface area contributed by atoms with E-state index in [9.17, 15) is 0 Å². The number of unbranched alkanes of at least 4 members (excludes halogenated alkanes) is 1. The highest BCUT2D eigenvalue weighted by Crippen LogP contribution is 2.46. The van der Waals surface area contributed by atoms with E-state index in [0.29, 0.717) is 6.04 Å². The molecule has 0 radical (unpaired) electrons. The zero-order valence-corrected chi connectivity index (χ0v) is 22.2. The maximum absolute atomic E-state index is 8.92. The monoisotopic (exact) mass is 467 g/mol. The topological polar surface area (TPSA) is 74.2 Å². The molecule has 1 aliphatic carbocycles. The highest BCUT2D eigenvalue weighted by Gasteiger charge is 2.37. The Balaban J connectivity index is 0.00000158. The van der Waals surface area contributed by atoms with E-state index in [0.717, 1.165) is 62.7 Å². The number of hydrogen-bond acceptors (Lipinski definition) is 6. The molecule has 0 spiro atoms. The number of aliphatic hydroxyl groups is 1. The van der Waals surface area contributed by atoms with E-state index in [1.54, 1.807) is 6.33 Å². The largest absolute Gasteiger partial charge is 0.396 e. The summed E-state index contributed by atoms with van der Waals surface area (Å²) in [5, 5.41) is 12.5. The van der Waals surface area contributed by atoms with E-state index < -0.39 is 0 Å². The third-order valence-electron chi connectivity index (χ3n) is 7.47. The Morgan fingerprint density at radius 2 is 1.65 bits per heavy atom. The number of nitrogens with zero attached hydrogens (tertiary/aromatic N) is 4. The Labute approximate surface area is 206 Å². The van der Waals surface area contributed by atoms with Crippen LogP contribution in [0.25, 0.3) is 11.4 Å². The Bertz CT molecular complexity index is 919. The van der Waals surface area contributed by atoms with Gasteiger partial charge in [-0.25, -0.2) is 9.97 Å². The minimum Gasteiger partial charge on any atom is -0.396 e. The standard InChI is InChI=1S/C26H39N5O.C2H6/c1-25(2)11-12-26(3,4)22-17-19(7-8-21(22)25)23-28-18-29-24(30-23)31-14-9-20(10-15-31)27-13-5-6-16-32;1-2/h7-8,17-18,20,27,32H,5-6,9-16H2,1-4H3;1-2H3. The average Bonchev–Trinajstić information content (AvgIpc) is 2.86. The summed E-state index contributed by atoms with van der Waals surface area (Å²) >= 11 is 0. The smallest absolute Gasteiger partial charge is 0.228 e. The SMILES string of the molecule is CC.CC1(C)CCC(C)(C)c2cc(-c3ncnc(N4CCC(NCCCCO)CC4)n3)ccc21. The first-order valence-electron chi connectivity index (χ1n) is 13.2. The summed E-state index contributed by atoms with van der Waals surface area (Å²) in [4.78, 5) is 16.2. The van der Waals surface area contributed by atoms with Gasteiger partial charge < -0.3 is 15.3 Å². The number of aromatic nitrogens is 3. The predicted octanol–water partition coefficient (Wildman–Crippen LogP) is 5.24. The van der Waals surface area contributed by atoms with Gasteiger partial charge in [0.1, 0.15) is 6.33 Å². The van der Waals surface area contributed by atoms with Crippen molar-refractivity contribution in [3.63, 3.8) is 0 Å². The summed E-state index contributed by atoms with van der Waals surface area (Å²) < 4.78 is 0. The van der Waals surface area contributed by atoms with Gasteiger partial charge in [0.25, 0.3) is 0 Å². The second-order valence-corrected chi connectivity index (χ2v) is 10.8. The van der Waals surface area contributed by atoms with E-state index in [-0.39, 0.29) is 17.4 Å². The highest BCUT2D eigenvalue weighted by atomic mass is 16.2. The summed E-state index contributed by atoms with van der Waals surface area (Å²) in [5.74, 6) is 1.55. The maximum atomic E-state index is 8.92. The van der Waals surface area contributed by atoms with E-state index in [2.05, 4.69) is 66.1 Å². The first-order chi connectivity index (χ1) is 16.3. The minimum absolute atomic E-state index is 0.169. The Morgan fingerprint density at radius 1 is 0.971 bits per heavy atom. The Morgan fingerprint density at radius 3 is 2.32 bits per heavy atom. The van der Waals surface area contributed by atoms with Crippen LogP contribution in [-0.2, 0) is 10.8 Å². The normalized spacial score (nSPS) is 19.2. The van der Waals surface area contributed by atoms with Crippen LogP contribution in [0.1, 0.15) is 91.2 Å². The lowest BCUT2D eigenvalue weighted by Gasteiger charge is -2.42. The zero-order chi connectivity index (χ0) is 24.8. The minimum atomic E-state index is 0.169. The molecule has 1 aromatic carbocycles. The second kappa shape index (κ2) is 11.6. The van der Waals surface area contributed by atoms with Crippen molar-refractivity contribution in [1.29, 1.82) is 0 Å². The fraction of sp³-hybridized carbons (Fsp3) is 0.679. The molecular weight excluding hydrogens is 422 g/mol. The number of hydrogen-bond donors (Lipinski definition) is 2. The van der Waals surface area contributed by atoms with Gasteiger partial charge in [0.15, 0.2) is 5.82 Å². The van der Waals surface area contributed by atoms with Crippen molar-refractivity contribution in [1.82, 2.24) is 20.3 Å². The van der Waals surface area contributed by atoms with Crippen LogP contribution in [0.3, 0.4) is 0 Å². The summed E-state index contributed by atoms with van der Waals surface area (Å²) in [6.45, 7) is 16.6. The van der Waals surface area contributed by atoms with Crippen molar-refractivity contribution in [3.8, 4) is 11.4 Å². The molecule has 6 heteroatoms. The van der Waals surface area contributed by atoms with E-state index in [1.165, 1.54) is 24.0 Å². The Hall–Kier alpha value is -2.05. The first-order valence-corrected chi connectivity index (χ1v) is 13.2. The maximum Gasteiger partial charge on any atom is 0.228 e. The van der Waals surface area contributed by atoms with E-state index in [1.807, 2.05) is 13.8 Å². The van der Waals surface area contributed by atoms with Crippen LogP contribution < -0.4 is 10.2 Å². The van der Waals surface area contributed by atoms with Crippen LogP contribution in [-0.4, -0.2) is 52.3 Å². The van der Waals surface area contributed by atoms with E-state index >= 15 is 0 Å². The van der Waals surface area contributed by atoms with Crippen LogP contribution in [0.5, 0.6) is 0 Å². The fourth-order valence-corrected chi connectivity index (χ4v) is 5.13. The number of nitrogens with one attached hydrogen (secondary N) is 1. The molecule has 1 aliphatic heterocycles. The van der Waals surface area contributed by atoms with Gasteiger partial charge in [-0.2, -0.15) is 4.98 Å². The molecule has 1 aromatic heterocycles. The van der Waals surface area contributed by atoms with Crippen LogP contribution in [0.4, 0.5) is 5.95 Å². The molecule has 4 rings (SSSR count). The quantitative estimate of drug-likeness (QED) is 0.542. The molecule has 0 saturated carbocycles. The third kappa shape index (κ3) is 6.14. The molecule has 2 heterocycles. The number of aliphatic hydroxyl groups excluding tert-OH is 1. The van der Waals surface area contributed by atoms with Crippen molar-refractivity contribution in [2.45, 2.75) is 96.9 Å². The average molecular weight is 468 g/mol. The van der Waals surface area contributed by atoms with Gasteiger partial charge in [-0.3, -0.25) is 0 Å². The molecule has 2 N–H and O–H groups in total. The predicted molar refractivity (Wildman–Crippen MR) is 141 cm³/mol. The number of piperidine rings is 1. The second-order valence-electron chi connectivity index (χ2n) is 10.8. The third-order valence-corrected chi connectivity index (χ3v) is 7.47. The number of fused-ring (bicyclic) bond motifs is 1. The zero-order valence-electron chi connectivity index (χ0n) is 22.2. The van der Waals surface area contributed by atoms with Gasteiger partial charge >= 0.3 is 0 Å². The lowest BCUT2D eigenvalue weighted by atomic mass is 9.63. The van der Waals surface area contributed by atoms with Crippen LogP contribution in [0, 0.1) is 0 Å². The molecule has 1 fully saturated rings. The van der Waals surface area contributed by atoms with Gasteiger partial charge in [0.2, 0.25) is 5.95 Å². The van der Waals surface area contributed by atoms with Crippen LogP contribution >= 0.6 is 0 Å². The molecule has 0 bridgehead atoms. The lowest BCUT2D eigenvalue weighted by molar-refractivity contribution is 0.281. The van der Waals surface area contributed by atoms with Gasteiger partial charge in [-0.05, 0) is 73.1 Å². The summed E-state index contributed by atoms with van der Waals surface area (Å²) in [7, 11) is 0. The number of benzene rings is 1. The molecule has 2 aromatic rings. The van der Waals surface area contributed by atoms with Gasteiger partial charge in [0, 0.05) is 31.3 Å². The Kier molecular flexibility index (Phi) is 9.05. The summed E-state index contributed by atoms with van der Waals surface area (Å²) in [5.41, 5.74) is 4.35. The van der Waals surface area contributed by atoms with E-state index in [4.69, 9.17) is 10.1 Å².